The summed E-state index contributed by atoms with van der Waals surface area (Å²) in [6.07, 6.45) is 56.6. The van der Waals surface area contributed by atoms with Crippen molar-refractivity contribution in [1.29, 1.82) is 0 Å². The number of ether oxygens (including phenoxy) is 3. The Bertz CT molecular complexity index is 1010. The molecule has 6 nitrogen and oxygen atoms in total. The van der Waals surface area contributed by atoms with Crippen LogP contribution < -0.4 is 0 Å². The van der Waals surface area contributed by atoms with E-state index in [4.69, 9.17) is 14.2 Å². The van der Waals surface area contributed by atoms with Crippen LogP contribution >= 0.6 is 0 Å². The normalized spacial score (nSPS) is 12.0. The Labute approximate surface area is 412 Å². The molecule has 0 bridgehead atoms. The first-order valence-corrected chi connectivity index (χ1v) is 29.7. The smallest absolute Gasteiger partial charge is 0.306 e. The van der Waals surface area contributed by atoms with Gasteiger partial charge in [-0.25, -0.2) is 0 Å². The quantitative estimate of drug-likeness (QED) is 0.0343. The Kier molecular flexibility index (Phi) is 51.5. The summed E-state index contributed by atoms with van der Waals surface area (Å²) >= 11 is 0. The first kappa shape index (κ1) is 64.4. The molecule has 0 spiro atoms. The highest BCUT2D eigenvalue weighted by molar-refractivity contribution is 5.71. The zero-order valence-corrected chi connectivity index (χ0v) is 45.3. The molecule has 0 fully saturated rings. The topological polar surface area (TPSA) is 78.9 Å². The average molecular weight is 934 g/mol. The summed E-state index contributed by atoms with van der Waals surface area (Å²) in [4.78, 5) is 38.2. The van der Waals surface area contributed by atoms with Gasteiger partial charge in [0.05, 0.1) is 0 Å². The summed E-state index contributed by atoms with van der Waals surface area (Å²) in [5.41, 5.74) is 0. The van der Waals surface area contributed by atoms with E-state index in [1.807, 2.05) is 0 Å². The summed E-state index contributed by atoms with van der Waals surface area (Å²) in [5, 5.41) is 0. The summed E-state index contributed by atoms with van der Waals surface area (Å²) in [7, 11) is 0. The number of hydrogen-bond acceptors (Lipinski definition) is 6. The molecule has 0 radical (unpaired) electrons. The summed E-state index contributed by atoms with van der Waals surface area (Å²) in [5.74, 6) is 0.860. The zero-order chi connectivity index (χ0) is 48.2. The molecule has 1 atom stereocenters. The van der Waals surface area contributed by atoms with Gasteiger partial charge in [-0.2, -0.15) is 0 Å². The lowest BCUT2D eigenvalue weighted by Gasteiger charge is -2.18. The van der Waals surface area contributed by atoms with E-state index in [1.165, 1.54) is 225 Å². The van der Waals surface area contributed by atoms with Crippen molar-refractivity contribution in [2.45, 2.75) is 343 Å². The van der Waals surface area contributed by atoms with Crippen molar-refractivity contribution in [3.05, 3.63) is 0 Å². The van der Waals surface area contributed by atoms with Crippen molar-refractivity contribution >= 4 is 17.9 Å². The van der Waals surface area contributed by atoms with Gasteiger partial charge in [0.15, 0.2) is 6.10 Å². The maximum Gasteiger partial charge on any atom is 0.306 e. The van der Waals surface area contributed by atoms with Gasteiger partial charge in [-0.05, 0) is 31.1 Å². The molecule has 66 heavy (non-hydrogen) atoms. The summed E-state index contributed by atoms with van der Waals surface area (Å²) in [6.45, 7) is 11.4. The van der Waals surface area contributed by atoms with Crippen LogP contribution in [0.15, 0.2) is 0 Å². The second-order valence-electron chi connectivity index (χ2n) is 21.6. The second kappa shape index (κ2) is 52.8. The van der Waals surface area contributed by atoms with E-state index in [2.05, 4.69) is 34.6 Å². The van der Waals surface area contributed by atoms with Crippen molar-refractivity contribution in [2.24, 2.45) is 11.8 Å². The minimum Gasteiger partial charge on any atom is -0.462 e. The fraction of sp³-hybridized carbons (Fsp3) is 0.950. The average Bonchev–Trinajstić information content (AvgIpc) is 3.29. The number of rotatable bonds is 54. The van der Waals surface area contributed by atoms with Gasteiger partial charge in [0, 0.05) is 19.3 Å². The molecule has 0 aromatic heterocycles. The van der Waals surface area contributed by atoms with Crippen LogP contribution in [0.3, 0.4) is 0 Å². The Balaban J connectivity index is 4.27. The van der Waals surface area contributed by atoms with Crippen molar-refractivity contribution in [3.8, 4) is 0 Å². The molecule has 0 heterocycles. The Morgan fingerprint density at radius 2 is 0.500 bits per heavy atom. The molecule has 0 N–H and O–H groups in total. The highest BCUT2D eigenvalue weighted by Crippen LogP contribution is 2.18. The second-order valence-corrected chi connectivity index (χ2v) is 21.6. The Morgan fingerprint density at radius 1 is 0.288 bits per heavy atom. The van der Waals surface area contributed by atoms with E-state index in [-0.39, 0.29) is 31.1 Å². The minimum atomic E-state index is -0.762. The maximum absolute atomic E-state index is 12.9. The first-order chi connectivity index (χ1) is 32.2. The van der Waals surface area contributed by atoms with Crippen LogP contribution in [0.1, 0.15) is 336 Å². The molecule has 392 valence electrons. The highest BCUT2D eigenvalue weighted by Gasteiger charge is 2.19. The van der Waals surface area contributed by atoms with E-state index in [0.717, 1.165) is 69.6 Å². The van der Waals surface area contributed by atoms with Crippen LogP contribution in [-0.2, 0) is 28.6 Å². The molecule has 0 aromatic rings. The molecule has 0 saturated heterocycles. The summed E-state index contributed by atoms with van der Waals surface area (Å²) < 4.78 is 16.9. The number of unbranched alkanes of at least 4 members (excludes halogenated alkanes) is 39. The fourth-order valence-electron chi connectivity index (χ4n) is 9.23. The van der Waals surface area contributed by atoms with Crippen molar-refractivity contribution in [3.63, 3.8) is 0 Å². The molecule has 0 aliphatic carbocycles. The van der Waals surface area contributed by atoms with E-state index >= 15 is 0 Å². The Morgan fingerprint density at radius 3 is 0.742 bits per heavy atom. The minimum absolute atomic E-state index is 0.0623. The van der Waals surface area contributed by atoms with Gasteiger partial charge in [-0.3, -0.25) is 14.4 Å². The molecule has 0 rings (SSSR count). The van der Waals surface area contributed by atoms with Gasteiger partial charge in [0.25, 0.3) is 0 Å². The van der Waals surface area contributed by atoms with Crippen LogP contribution in [0.5, 0.6) is 0 Å². The summed E-state index contributed by atoms with van der Waals surface area (Å²) in [6, 6.07) is 0. The maximum atomic E-state index is 12.9. The van der Waals surface area contributed by atoms with Crippen LogP contribution in [0.2, 0.25) is 0 Å². The van der Waals surface area contributed by atoms with Gasteiger partial charge < -0.3 is 14.2 Å². The van der Waals surface area contributed by atoms with Crippen molar-refractivity contribution in [1.82, 2.24) is 0 Å². The van der Waals surface area contributed by atoms with Crippen LogP contribution in [0.25, 0.3) is 0 Å². The van der Waals surface area contributed by atoms with Gasteiger partial charge in [-0.1, -0.05) is 298 Å². The van der Waals surface area contributed by atoms with E-state index in [9.17, 15) is 14.4 Å². The lowest BCUT2D eigenvalue weighted by molar-refractivity contribution is -0.167. The molecule has 0 amide bonds. The predicted octanol–water partition coefficient (Wildman–Crippen LogP) is 19.7. The Hall–Kier alpha value is -1.59. The molecule has 0 aromatic carbocycles. The first-order valence-electron chi connectivity index (χ1n) is 29.7. The fourth-order valence-corrected chi connectivity index (χ4v) is 9.23. The monoisotopic (exact) mass is 933 g/mol. The number of esters is 3. The van der Waals surface area contributed by atoms with E-state index in [1.54, 1.807) is 0 Å². The van der Waals surface area contributed by atoms with Gasteiger partial charge >= 0.3 is 17.9 Å². The lowest BCUT2D eigenvalue weighted by Crippen LogP contribution is -2.30. The third-order valence-electron chi connectivity index (χ3n) is 13.7. The molecule has 0 aliphatic rings. The molecule has 0 unspecified atom stereocenters. The third-order valence-corrected chi connectivity index (χ3v) is 13.7. The molecular weight excluding hydrogens is 817 g/mol. The van der Waals surface area contributed by atoms with Crippen LogP contribution in [0, 0.1) is 11.8 Å². The zero-order valence-electron chi connectivity index (χ0n) is 45.3. The van der Waals surface area contributed by atoms with Crippen molar-refractivity contribution < 1.29 is 28.6 Å². The van der Waals surface area contributed by atoms with E-state index in [0.29, 0.717) is 19.3 Å². The molecule has 6 heteroatoms. The molecule has 0 saturated carbocycles. The predicted molar refractivity (Wildman–Crippen MR) is 284 cm³/mol. The lowest BCUT2D eigenvalue weighted by atomic mass is 10.0. The molecule has 0 aliphatic heterocycles. The largest absolute Gasteiger partial charge is 0.462 e. The number of carbonyl (C=O) groups excluding carboxylic acids is 3. The standard InChI is InChI=1S/C60H116O6/c1-6-7-8-9-10-11-12-25-30-35-40-45-50-58(61)64-53-57(66-60(63)52-47-42-37-32-27-22-18-14-16-20-24-29-34-39-44-49-56(4)5)54-65-59(62)51-46-41-36-31-26-21-17-13-15-19-23-28-33-38-43-48-55(2)3/h55-57H,6-54H2,1-5H3/t57-/m0/s1. The highest BCUT2D eigenvalue weighted by atomic mass is 16.6. The third kappa shape index (κ3) is 53.4. The van der Waals surface area contributed by atoms with E-state index < -0.39 is 6.10 Å². The van der Waals surface area contributed by atoms with Crippen molar-refractivity contribution in [2.75, 3.05) is 13.2 Å². The van der Waals surface area contributed by atoms with Crippen LogP contribution in [-0.4, -0.2) is 37.2 Å². The van der Waals surface area contributed by atoms with Gasteiger partial charge in [0.1, 0.15) is 13.2 Å². The molecular formula is C60H116O6. The van der Waals surface area contributed by atoms with Gasteiger partial charge in [0.2, 0.25) is 0 Å². The number of hydrogen-bond donors (Lipinski definition) is 0. The van der Waals surface area contributed by atoms with Crippen LogP contribution in [0.4, 0.5) is 0 Å². The van der Waals surface area contributed by atoms with Gasteiger partial charge in [-0.15, -0.1) is 0 Å². The SMILES string of the molecule is CCCCCCCCCCCCCCC(=O)OC[C@@H](COC(=O)CCCCCCCCCCCCCCCCCC(C)C)OC(=O)CCCCCCCCCCCCCCCCCC(C)C. The number of carbonyl (C=O) groups is 3.